The zero-order valence-corrected chi connectivity index (χ0v) is 12.3. The minimum atomic E-state index is 0.408. The van der Waals surface area contributed by atoms with E-state index >= 15 is 0 Å². The first-order valence-electron chi connectivity index (χ1n) is 6.55. The van der Waals surface area contributed by atoms with Crippen molar-refractivity contribution in [1.29, 1.82) is 0 Å². The molecule has 0 radical (unpaired) electrons. The standard InChI is InChI=1S/C15H20N2O3/c1-10(2)16-9-11-7-15(20-17-11)13-6-5-12(18-3)8-14(13)19-4/h5-8,10,16H,9H2,1-4H3. The summed E-state index contributed by atoms with van der Waals surface area (Å²) in [7, 11) is 3.24. The lowest BCUT2D eigenvalue weighted by molar-refractivity contribution is 0.390. The number of aromatic nitrogens is 1. The van der Waals surface area contributed by atoms with Crippen LogP contribution in [-0.4, -0.2) is 25.4 Å². The molecular formula is C15H20N2O3. The molecule has 0 saturated carbocycles. The molecule has 0 unspecified atom stereocenters. The lowest BCUT2D eigenvalue weighted by Crippen LogP contribution is -2.21. The van der Waals surface area contributed by atoms with E-state index in [1.54, 1.807) is 14.2 Å². The summed E-state index contributed by atoms with van der Waals surface area (Å²) < 4.78 is 15.9. The summed E-state index contributed by atoms with van der Waals surface area (Å²) in [5, 5.41) is 7.36. The predicted octanol–water partition coefficient (Wildman–Crippen LogP) is 2.86. The van der Waals surface area contributed by atoms with Crippen LogP contribution < -0.4 is 14.8 Å². The molecule has 5 nitrogen and oxygen atoms in total. The number of ether oxygens (including phenoxy) is 2. The van der Waals surface area contributed by atoms with Gasteiger partial charge in [-0.3, -0.25) is 0 Å². The first-order chi connectivity index (χ1) is 9.63. The van der Waals surface area contributed by atoms with E-state index in [4.69, 9.17) is 14.0 Å². The van der Waals surface area contributed by atoms with Gasteiger partial charge in [0.1, 0.15) is 11.5 Å². The van der Waals surface area contributed by atoms with Crippen LogP contribution in [-0.2, 0) is 6.54 Å². The van der Waals surface area contributed by atoms with E-state index in [0.29, 0.717) is 24.1 Å². The Kier molecular flexibility index (Phi) is 4.63. The number of rotatable bonds is 6. The Bertz CT molecular complexity index is 564. The average Bonchev–Trinajstić information content (AvgIpc) is 2.93. The Morgan fingerprint density at radius 2 is 2.00 bits per heavy atom. The molecule has 20 heavy (non-hydrogen) atoms. The minimum Gasteiger partial charge on any atom is -0.497 e. The molecule has 1 aromatic carbocycles. The molecule has 0 atom stereocenters. The van der Waals surface area contributed by atoms with Crippen LogP contribution in [0, 0.1) is 0 Å². The highest BCUT2D eigenvalue weighted by Gasteiger charge is 2.13. The summed E-state index contributed by atoms with van der Waals surface area (Å²) in [5.74, 6) is 2.13. The van der Waals surface area contributed by atoms with Gasteiger partial charge in [-0.15, -0.1) is 0 Å². The fraction of sp³-hybridized carbons (Fsp3) is 0.400. The van der Waals surface area contributed by atoms with Gasteiger partial charge in [0.25, 0.3) is 0 Å². The lowest BCUT2D eigenvalue weighted by Gasteiger charge is -2.07. The first kappa shape index (κ1) is 14.4. The molecule has 5 heteroatoms. The molecule has 2 rings (SSSR count). The van der Waals surface area contributed by atoms with Crippen LogP contribution in [0.15, 0.2) is 28.8 Å². The molecule has 0 bridgehead atoms. The van der Waals surface area contributed by atoms with Crippen molar-refractivity contribution < 1.29 is 14.0 Å². The lowest BCUT2D eigenvalue weighted by atomic mass is 10.1. The largest absolute Gasteiger partial charge is 0.497 e. The molecule has 1 aromatic heterocycles. The number of hydrogen-bond donors (Lipinski definition) is 1. The molecule has 0 aliphatic carbocycles. The van der Waals surface area contributed by atoms with Gasteiger partial charge in [-0.2, -0.15) is 0 Å². The van der Waals surface area contributed by atoms with Gasteiger partial charge < -0.3 is 19.3 Å². The van der Waals surface area contributed by atoms with Crippen molar-refractivity contribution in [3.05, 3.63) is 30.0 Å². The number of nitrogens with one attached hydrogen (secondary N) is 1. The Labute approximate surface area is 118 Å². The van der Waals surface area contributed by atoms with Gasteiger partial charge in [-0.05, 0) is 12.1 Å². The Morgan fingerprint density at radius 1 is 1.20 bits per heavy atom. The molecule has 2 aromatic rings. The van der Waals surface area contributed by atoms with Crippen molar-refractivity contribution in [1.82, 2.24) is 10.5 Å². The summed E-state index contributed by atoms with van der Waals surface area (Å²) in [6, 6.07) is 7.92. The second-order valence-electron chi connectivity index (χ2n) is 4.78. The van der Waals surface area contributed by atoms with E-state index in [9.17, 15) is 0 Å². The maximum atomic E-state index is 5.39. The number of hydrogen-bond acceptors (Lipinski definition) is 5. The van der Waals surface area contributed by atoms with Crippen LogP contribution in [0.3, 0.4) is 0 Å². The van der Waals surface area contributed by atoms with E-state index in [1.165, 1.54) is 0 Å². The van der Waals surface area contributed by atoms with Crippen LogP contribution in [0.4, 0.5) is 0 Å². The molecule has 0 aliphatic heterocycles. The smallest absolute Gasteiger partial charge is 0.170 e. The number of nitrogens with zero attached hydrogens (tertiary/aromatic N) is 1. The Morgan fingerprint density at radius 3 is 2.65 bits per heavy atom. The van der Waals surface area contributed by atoms with Crippen LogP contribution in [0.25, 0.3) is 11.3 Å². The van der Waals surface area contributed by atoms with Crippen molar-refractivity contribution >= 4 is 0 Å². The molecule has 1 heterocycles. The molecular weight excluding hydrogens is 256 g/mol. The Hall–Kier alpha value is -2.01. The third-order valence-corrected chi connectivity index (χ3v) is 2.92. The van der Waals surface area contributed by atoms with Crippen molar-refractivity contribution in [2.24, 2.45) is 0 Å². The second-order valence-corrected chi connectivity index (χ2v) is 4.78. The molecule has 0 amide bonds. The number of methoxy groups -OCH3 is 2. The molecule has 0 aliphatic rings. The molecule has 1 N–H and O–H groups in total. The van der Waals surface area contributed by atoms with Crippen LogP contribution in [0.5, 0.6) is 11.5 Å². The van der Waals surface area contributed by atoms with Gasteiger partial charge in [-0.25, -0.2) is 0 Å². The monoisotopic (exact) mass is 276 g/mol. The molecule has 0 fully saturated rings. The van der Waals surface area contributed by atoms with Crippen molar-refractivity contribution in [3.63, 3.8) is 0 Å². The van der Waals surface area contributed by atoms with Gasteiger partial charge in [0, 0.05) is 24.7 Å². The van der Waals surface area contributed by atoms with Gasteiger partial charge in [0.15, 0.2) is 5.76 Å². The highest BCUT2D eigenvalue weighted by molar-refractivity contribution is 5.67. The average molecular weight is 276 g/mol. The van der Waals surface area contributed by atoms with Crippen LogP contribution in [0.2, 0.25) is 0 Å². The maximum absolute atomic E-state index is 5.39. The van der Waals surface area contributed by atoms with E-state index in [1.807, 2.05) is 24.3 Å². The third-order valence-electron chi connectivity index (χ3n) is 2.92. The summed E-state index contributed by atoms with van der Waals surface area (Å²) in [6.07, 6.45) is 0. The topological polar surface area (TPSA) is 56.5 Å². The minimum absolute atomic E-state index is 0.408. The summed E-state index contributed by atoms with van der Waals surface area (Å²) >= 11 is 0. The highest BCUT2D eigenvalue weighted by Crippen LogP contribution is 2.33. The normalized spacial score (nSPS) is 10.8. The van der Waals surface area contributed by atoms with Gasteiger partial charge in [0.2, 0.25) is 0 Å². The maximum Gasteiger partial charge on any atom is 0.170 e. The molecule has 0 saturated heterocycles. The van der Waals surface area contributed by atoms with Crippen molar-refractivity contribution in [2.45, 2.75) is 26.4 Å². The van der Waals surface area contributed by atoms with Crippen molar-refractivity contribution in [3.8, 4) is 22.8 Å². The summed E-state index contributed by atoms with van der Waals surface area (Å²) in [6.45, 7) is 4.86. The van der Waals surface area contributed by atoms with Gasteiger partial charge in [0.05, 0.1) is 25.5 Å². The van der Waals surface area contributed by atoms with Gasteiger partial charge in [-0.1, -0.05) is 19.0 Å². The summed E-state index contributed by atoms with van der Waals surface area (Å²) in [5.41, 5.74) is 1.73. The van der Waals surface area contributed by atoms with Gasteiger partial charge >= 0.3 is 0 Å². The second kappa shape index (κ2) is 6.43. The van der Waals surface area contributed by atoms with E-state index in [2.05, 4.69) is 24.3 Å². The molecule has 0 spiro atoms. The van der Waals surface area contributed by atoms with Crippen LogP contribution >= 0.6 is 0 Å². The predicted molar refractivity (Wildman–Crippen MR) is 77.0 cm³/mol. The van der Waals surface area contributed by atoms with E-state index in [-0.39, 0.29) is 0 Å². The zero-order chi connectivity index (χ0) is 14.5. The number of benzene rings is 1. The first-order valence-corrected chi connectivity index (χ1v) is 6.55. The Balaban J connectivity index is 2.23. The zero-order valence-electron chi connectivity index (χ0n) is 12.3. The fourth-order valence-corrected chi connectivity index (χ4v) is 1.83. The highest BCUT2D eigenvalue weighted by atomic mass is 16.5. The van der Waals surface area contributed by atoms with Crippen LogP contribution in [0.1, 0.15) is 19.5 Å². The van der Waals surface area contributed by atoms with E-state index in [0.717, 1.165) is 17.0 Å². The fourth-order valence-electron chi connectivity index (χ4n) is 1.83. The van der Waals surface area contributed by atoms with E-state index < -0.39 is 0 Å². The van der Waals surface area contributed by atoms with Crippen molar-refractivity contribution in [2.75, 3.05) is 14.2 Å². The summed E-state index contributed by atoms with van der Waals surface area (Å²) in [4.78, 5) is 0. The molecule has 108 valence electrons. The SMILES string of the molecule is COc1ccc(-c2cc(CNC(C)C)no2)c(OC)c1. The third kappa shape index (κ3) is 3.30. The quantitative estimate of drug-likeness (QED) is 0.879.